The minimum absolute atomic E-state index is 0.229. The summed E-state index contributed by atoms with van der Waals surface area (Å²) in [5, 5.41) is 3.14. The Morgan fingerprint density at radius 3 is 2.35 bits per heavy atom. The van der Waals surface area contributed by atoms with Crippen LogP contribution in [-0.2, 0) is 4.79 Å². The lowest BCUT2D eigenvalue weighted by Crippen LogP contribution is -2.60. The number of nitrogens with zero attached hydrogens (tertiary/aromatic N) is 1. The van der Waals surface area contributed by atoms with E-state index in [9.17, 15) is 4.79 Å². The number of fused-ring (bicyclic) bond motifs is 2. The van der Waals surface area contributed by atoms with Crippen molar-refractivity contribution < 1.29 is 4.79 Å². The van der Waals surface area contributed by atoms with Crippen LogP contribution < -0.4 is 5.32 Å². The van der Waals surface area contributed by atoms with E-state index in [1.807, 2.05) is 20.8 Å². The molecule has 1 aliphatic carbocycles. The third-order valence-electron chi connectivity index (χ3n) is 4.52. The van der Waals surface area contributed by atoms with Gasteiger partial charge >= 0.3 is 0 Å². The van der Waals surface area contributed by atoms with E-state index in [1.54, 1.807) is 0 Å². The summed E-state index contributed by atoms with van der Waals surface area (Å²) >= 11 is 0. The molecule has 2 aliphatic heterocycles. The molecule has 2 unspecified atom stereocenters. The fourth-order valence-corrected chi connectivity index (χ4v) is 3.05. The fraction of sp³-hybridized carbons (Fsp3) is 0.786. The van der Waals surface area contributed by atoms with E-state index >= 15 is 0 Å². The molecule has 1 saturated carbocycles. The molecule has 2 heterocycles. The second-order valence-electron chi connectivity index (χ2n) is 6.40. The van der Waals surface area contributed by atoms with Crippen LogP contribution in [0, 0.1) is 17.8 Å². The van der Waals surface area contributed by atoms with Gasteiger partial charge in [0, 0.05) is 19.0 Å². The third-order valence-corrected chi connectivity index (χ3v) is 4.52. The maximum atomic E-state index is 12.3. The van der Waals surface area contributed by atoms with Crippen LogP contribution in [0.25, 0.3) is 0 Å². The number of carbonyl (C=O) groups is 1. The molecule has 3 fully saturated rings. The number of hydrogen-bond acceptors (Lipinski definition) is 2. The van der Waals surface area contributed by atoms with Crippen LogP contribution in [0.1, 0.15) is 27.2 Å². The molecule has 0 radical (unpaired) electrons. The van der Waals surface area contributed by atoms with E-state index in [1.165, 1.54) is 6.42 Å². The highest BCUT2D eigenvalue weighted by molar-refractivity contribution is 5.81. The van der Waals surface area contributed by atoms with Crippen molar-refractivity contribution in [2.75, 3.05) is 20.1 Å². The van der Waals surface area contributed by atoms with Gasteiger partial charge in [0.2, 0.25) is 5.91 Å². The summed E-state index contributed by atoms with van der Waals surface area (Å²) in [5.41, 5.74) is 0.722. The number of carbonyl (C=O) groups excluding carboxylic acids is 1. The molecule has 1 N–H and O–H groups in total. The van der Waals surface area contributed by atoms with Gasteiger partial charge in [-0.05, 0) is 46.1 Å². The molecule has 17 heavy (non-hydrogen) atoms. The lowest BCUT2D eigenvalue weighted by Gasteiger charge is -2.52. The number of hydrogen-bond donors (Lipinski definition) is 1. The van der Waals surface area contributed by atoms with Crippen LogP contribution in [-0.4, -0.2) is 36.5 Å². The van der Waals surface area contributed by atoms with Gasteiger partial charge in [-0.25, -0.2) is 0 Å². The Bertz CT molecular complexity index is 336. The minimum atomic E-state index is -0.285. The van der Waals surface area contributed by atoms with Crippen molar-refractivity contribution in [3.05, 3.63) is 12.2 Å². The maximum Gasteiger partial charge on any atom is 0.224 e. The Morgan fingerprint density at radius 1 is 1.35 bits per heavy atom. The second kappa shape index (κ2) is 4.13. The molecule has 96 valence electrons. The summed E-state index contributed by atoms with van der Waals surface area (Å²) in [6.07, 6.45) is 1.23. The first kappa shape index (κ1) is 12.6. The number of rotatable bonds is 3. The molecular formula is C14H24N2O. The summed E-state index contributed by atoms with van der Waals surface area (Å²) in [5.74, 6) is 1.61. The molecule has 0 aromatic heterocycles. The standard InChI is InChI=1S/C14H24N2O/c1-9(2)14(3,4)15-13(17)12-10-6-11(12)8-16(5)7-10/h10-12H,1,6-8H2,2-5H3,(H,15,17). The molecular weight excluding hydrogens is 212 g/mol. The first-order valence-corrected chi connectivity index (χ1v) is 6.48. The van der Waals surface area contributed by atoms with Gasteiger partial charge in [-0.1, -0.05) is 12.2 Å². The zero-order chi connectivity index (χ0) is 12.8. The summed E-state index contributed by atoms with van der Waals surface area (Å²) < 4.78 is 0. The van der Waals surface area contributed by atoms with Gasteiger partial charge in [0.05, 0.1) is 5.54 Å². The lowest BCUT2D eigenvalue weighted by molar-refractivity contribution is -0.142. The zero-order valence-electron chi connectivity index (χ0n) is 11.4. The molecule has 1 amide bonds. The van der Waals surface area contributed by atoms with Crippen molar-refractivity contribution in [2.45, 2.75) is 32.7 Å². The smallest absolute Gasteiger partial charge is 0.224 e. The zero-order valence-corrected chi connectivity index (χ0v) is 11.4. The molecule has 2 atom stereocenters. The summed E-state index contributed by atoms with van der Waals surface area (Å²) in [6.45, 7) is 12.1. The van der Waals surface area contributed by atoms with E-state index in [0.717, 1.165) is 18.7 Å². The first-order chi connectivity index (χ1) is 7.81. The number of nitrogens with one attached hydrogen (secondary N) is 1. The van der Waals surface area contributed by atoms with Crippen LogP contribution in [0.4, 0.5) is 0 Å². The molecule has 0 aromatic rings. The molecule has 0 spiro atoms. The Kier molecular flexibility index (Phi) is 3.06. The average Bonchev–Trinajstić information content (AvgIpc) is 2.15. The highest BCUT2D eigenvalue weighted by Gasteiger charge is 2.50. The number of amides is 1. The molecule has 0 aromatic carbocycles. The topological polar surface area (TPSA) is 32.3 Å². The minimum Gasteiger partial charge on any atom is -0.347 e. The highest BCUT2D eigenvalue weighted by Crippen LogP contribution is 2.45. The largest absolute Gasteiger partial charge is 0.347 e. The monoisotopic (exact) mass is 236 g/mol. The van der Waals surface area contributed by atoms with Crippen LogP contribution >= 0.6 is 0 Å². The SMILES string of the molecule is C=C(C)C(C)(C)NC(=O)C1C2CC1CN(C)C2. The number of piperidine rings is 2. The van der Waals surface area contributed by atoms with Crippen molar-refractivity contribution in [3.63, 3.8) is 0 Å². The third kappa shape index (κ3) is 2.25. The van der Waals surface area contributed by atoms with Crippen LogP contribution in [0.2, 0.25) is 0 Å². The summed E-state index contributed by atoms with van der Waals surface area (Å²) in [6, 6.07) is 0. The van der Waals surface area contributed by atoms with Crippen molar-refractivity contribution in [3.8, 4) is 0 Å². The molecule has 3 nitrogen and oxygen atoms in total. The van der Waals surface area contributed by atoms with E-state index < -0.39 is 0 Å². The Hall–Kier alpha value is -0.830. The van der Waals surface area contributed by atoms with Crippen molar-refractivity contribution in [1.82, 2.24) is 10.2 Å². The van der Waals surface area contributed by atoms with Gasteiger partial charge in [-0.3, -0.25) is 4.79 Å². The Labute approximate surface area is 104 Å². The summed E-state index contributed by atoms with van der Waals surface area (Å²) in [7, 11) is 2.14. The van der Waals surface area contributed by atoms with E-state index in [-0.39, 0.29) is 17.4 Å². The van der Waals surface area contributed by atoms with Crippen molar-refractivity contribution in [1.29, 1.82) is 0 Å². The summed E-state index contributed by atoms with van der Waals surface area (Å²) in [4.78, 5) is 14.6. The maximum absolute atomic E-state index is 12.3. The van der Waals surface area contributed by atoms with Gasteiger partial charge in [-0.15, -0.1) is 0 Å². The predicted octanol–water partition coefficient (Wildman–Crippen LogP) is 1.66. The van der Waals surface area contributed by atoms with Gasteiger partial charge < -0.3 is 10.2 Å². The Balaban J connectivity index is 1.97. The van der Waals surface area contributed by atoms with E-state index in [2.05, 4.69) is 23.8 Å². The molecule has 3 rings (SSSR count). The van der Waals surface area contributed by atoms with Gasteiger partial charge in [0.15, 0.2) is 0 Å². The van der Waals surface area contributed by atoms with Crippen LogP contribution in [0.5, 0.6) is 0 Å². The van der Waals surface area contributed by atoms with Gasteiger partial charge in [0.25, 0.3) is 0 Å². The highest BCUT2D eigenvalue weighted by atomic mass is 16.2. The average molecular weight is 236 g/mol. The normalized spacial score (nSPS) is 32.8. The van der Waals surface area contributed by atoms with Gasteiger partial charge in [-0.2, -0.15) is 0 Å². The quantitative estimate of drug-likeness (QED) is 0.756. The van der Waals surface area contributed by atoms with Gasteiger partial charge in [0.1, 0.15) is 0 Å². The molecule has 3 heteroatoms. The van der Waals surface area contributed by atoms with Crippen LogP contribution in [0.15, 0.2) is 12.2 Å². The Morgan fingerprint density at radius 2 is 1.88 bits per heavy atom. The fourth-order valence-electron chi connectivity index (χ4n) is 3.05. The molecule has 2 bridgehead atoms. The van der Waals surface area contributed by atoms with Crippen molar-refractivity contribution >= 4 is 5.91 Å². The van der Waals surface area contributed by atoms with Crippen LogP contribution in [0.3, 0.4) is 0 Å². The lowest BCUT2D eigenvalue weighted by atomic mass is 9.61. The van der Waals surface area contributed by atoms with Crippen molar-refractivity contribution in [2.24, 2.45) is 17.8 Å². The van der Waals surface area contributed by atoms with E-state index in [0.29, 0.717) is 11.8 Å². The second-order valence-corrected chi connectivity index (χ2v) is 6.40. The van der Waals surface area contributed by atoms with E-state index in [4.69, 9.17) is 0 Å². The molecule has 2 saturated heterocycles. The first-order valence-electron chi connectivity index (χ1n) is 6.48. The predicted molar refractivity (Wildman–Crippen MR) is 69.6 cm³/mol. The molecule has 3 aliphatic rings.